The molecule has 1 aromatic heterocycles. The Balaban J connectivity index is 2.10. The summed E-state index contributed by atoms with van der Waals surface area (Å²) in [5, 5.41) is 13.2. The largest absolute Gasteiger partial charge is 0.493 e. The van der Waals surface area contributed by atoms with E-state index in [0.717, 1.165) is 0 Å². The average molecular weight is 360 g/mol. The smallest absolute Gasteiger partial charge is 0.335 e. The molecule has 0 saturated heterocycles. The number of hydrogen-bond donors (Lipinski definition) is 2. The molecule has 128 valence electrons. The number of benzene rings is 2. The molecule has 0 bridgehead atoms. The van der Waals surface area contributed by atoms with Crippen molar-refractivity contribution in [2.75, 3.05) is 19.5 Å². The van der Waals surface area contributed by atoms with Gasteiger partial charge in [-0.1, -0.05) is 11.6 Å². The monoisotopic (exact) mass is 359 g/mol. The van der Waals surface area contributed by atoms with Crippen molar-refractivity contribution in [1.82, 2.24) is 9.97 Å². The predicted octanol–water partition coefficient (Wildman–Crippen LogP) is 3.74. The fourth-order valence-electron chi connectivity index (χ4n) is 2.36. The number of nitrogens with one attached hydrogen (secondary N) is 1. The Labute approximate surface area is 148 Å². The van der Waals surface area contributed by atoms with Crippen molar-refractivity contribution in [2.45, 2.75) is 0 Å². The molecule has 0 fully saturated rings. The van der Waals surface area contributed by atoms with E-state index in [2.05, 4.69) is 15.3 Å². The maximum Gasteiger partial charge on any atom is 0.335 e. The molecule has 3 aromatic rings. The summed E-state index contributed by atoms with van der Waals surface area (Å²) >= 11 is 6.16. The number of fused-ring (bicyclic) bond motifs is 1. The Morgan fingerprint density at radius 1 is 1.12 bits per heavy atom. The first kappa shape index (κ1) is 16.8. The summed E-state index contributed by atoms with van der Waals surface area (Å²) in [5.41, 5.74) is 1.18. The summed E-state index contributed by atoms with van der Waals surface area (Å²) in [7, 11) is 3.08. The number of hydrogen-bond acceptors (Lipinski definition) is 6. The molecule has 25 heavy (non-hydrogen) atoms. The van der Waals surface area contributed by atoms with Gasteiger partial charge in [0.15, 0.2) is 11.5 Å². The maximum absolute atomic E-state index is 11.2. The third-order valence-electron chi connectivity index (χ3n) is 3.61. The van der Waals surface area contributed by atoms with Gasteiger partial charge in [-0.15, -0.1) is 0 Å². The second kappa shape index (κ2) is 6.82. The summed E-state index contributed by atoms with van der Waals surface area (Å²) in [6, 6.07) is 7.86. The van der Waals surface area contributed by atoms with Crippen LogP contribution in [0, 0.1) is 0 Å². The fraction of sp³-hybridized carbons (Fsp3) is 0.118. The molecule has 0 unspecified atom stereocenters. The Hall–Kier alpha value is -3.06. The van der Waals surface area contributed by atoms with Gasteiger partial charge in [-0.25, -0.2) is 14.8 Å². The van der Waals surface area contributed by atoms with Gasteiger partial charge in [-0.2, -0.15) is 0 Å². The van der Waals surface area contributed by atoms with Gasteiger partial charge >= 0.3 is 5.97 Å². The van der Waals surface area contributed by atoms with Crippen molar-refractivity contribution in [2.24, 2.45) is 0 Å². The van der Waals surface area contributed by atoms with Crippen molar-refractivity contribution < 1.29 is 19.4 Å². The predicted molar refractivity (Wildman–Crippen MR) is 94.3 cm³/mol. The highest BCUT2D eigenvalue weighted by Crippen LogP contribution is 2.35. The minimum Gasteiger partial charge on any atom is -0.493 e. The summed E-state index contributed by atoms with van der Waals surface area (Å²) < 4.78 is 10.6. The van der Waals surface area contributed by atoms with E-state index in [1.807, 2.05) is 0 Å². The van der Waals surface area contributed by atoms with Crippen LogP contribution < -0.4 is 14.8 Å². The van der Waals surface area contributed by atoms with Crippen molar-refractivity contribution in [3.63, 3.8) is 0 Å². The lowest BCUT2D eigenvalue weighted by Crippen LogP contribution is -2.01. The third-order valence-corrected chi connectivity index (χ3v) is 3.94. The molecular weight excluding hydrogens is 346 g/mol. The molecule has 2 aromatic carbocycles. The minimum absolute atomic E-state index is 0.115. The molecule has 7 nitrogen and oxygen atoms in total. The normalized spacial score (nSPS) is 10.5. The van der Waals surface area contributed by atoms with E-state index < -0.39 is 5.97 Å². The van der Waals surface area contributed by atoms with E-state index in [1.54, 1.807) is 19.2 Å². The summed E-state index contributed by atoms with van der Waals surface area (Å²) in [6.07, 6.45) is 1.39. The Bertz CT molecular complexity index is 962. The van der Waals surface area contributed by atoms with Crippen LogP contribution in [0.1, 0.15) is 10.4 Å². The molecule has 8 heteroatoms. The van der Waals surface area contributed by atoms with Gasteiger partial charge in [0, 0.05) is 11.5 Å². The molecule has 0 aliphatic heterocycles. The first-order valence-corrected chi connectivity index (χ1v) is 7.58. The zero-order chi connectivity index (χ0) is 18.0. The van der Waals surface area contributed by atoms with Crippen LogP contribution >= 0.6 is 11.6 Å². The van der Waals surface area contributed by atoms with E-state index in [0.29, 0.717) is 38.9 Å². The molecular formula is C17H14ClN3O4. The Morgan fingerprint density at radius 2 is 1.84 bits per heavy atom. The number of aromatic nitrogens is 2. The average Bonchev–Trinajstić information content (AvgIpc) is 2.62. The van der Waals surface area contributed by atoms with Gasteiger partial charge in [0.1, 0.15) is 12.1 Å². The first-order chi connectivity index (χ1) is 12.0. The van der Waals surface area contributed by atoms with E-state index in [-0.39, 0.29) is 5.56 Å². The topological polar surface area (TPSA) is 93.6 Å². The van der Waals surface area contributed by atoms with Gasteiger partial charge < -0.3 is 19.9 Å². The van der Waals surface area contributed by atoms with E-state index in [1.165, 1.54) is 31.6 Å². The SMILES string of the molecule is COc1cc2ncnc(Nc3cc(C(=O)O)ccc3Cl)c2cc1OC. The first-order valence-electron chi connectivity index (χ1n) is 7.20. The van der Waals surface area contributed by atoms with Crippen LogP contribution in [0.5, 0.6) is 11.5 Å². The molecule has 0 aliphatic rings. The second-order valence-electron chi connectivity index (χ2n) is 5.07. The third kappa shape index (κ3) is 3.27. The molecule has 0 saturated carbocycles. The number of ether oxygens (including phenoxy) is 2. The number of halogens is 1. The highest BCUT2D eigenvalue weighted by molar-refractivity contribution is 6.33. The van der Waals surface area contributed by atoms with Gasteiger partial charge in [-0.3, -0.25) is 0 Å². The van der Waals surface area contributed by atoms with Crippen LogP contribution in [0.25, 0.3) is 10.9 Å². The molecule has 3 rings (SSSR count). The van der Waals surface area contributed by atoms with Crippen LogP contribution in [0.15, 0.2) is 36.7 Å². The van der Waals surface area contributed by atoms with Crippen molar-refractivity contribution >= 4 is 40.0 Å². The second-order valence-corrected chi connectivity index (χ2v) is 5.48. The molecule has 0 atom stereocenters. The van der Waals surface area contributed by atoms with Crippen LogP contribution in [0.4, 0.5) is 11.5 Å². The Morgan fingerprint density at radius 3 is 2.52 bits per heavy atom. The zero-order valence-electron chi connectivity index (χ0n) is 13.4. The number of methoxy groups -OCH3 is 2. The minimum atomic E-state index is -1.04. The number of carbonyl (C=O) groups is 1. The van der Waals surface area contributed by atoms with Crippen LogP contribution in [0.3, 0.4) is 0 Å². The van der Waals surface area contributed by atoms with E-state index in [4.69, 9.17) is 26.2 Å². The quantitative estimate of drug-likeness (QED) is 0.716. The van der Waals surface area contributed by atoms with Crippen LogP contribution in [-0.2, 0) is 0 Å². The number of carboxylic acid groups (broad SMARTS) is 1. The number of rotatable bonds is 5. The van der Waals surface area contributed by atoms with E-state index >= 15 is 0 Å². The molecule has 0 spiro atoms. The van der Waals surface area contributed by atoms with Crippen LogP contribution in [-0.4, -0.2) is 35.3 Å². The van der Waals surface area contributed by atoms with Crippen molar-refractivity contribution in [1.29, 1.82) is 0 Å². The van der Waals surface area contributed by atoms with Crippen molar-refractivity contribution in [3.05, 3.63) is 47.2 Å². The Kier molecular flexibility index (Phi) is 4.58. The molecule has 2 N–H and O–H groups in total. The molecule has 1 heterocycles. The maximum atomic E-state index is 11.2. The summed E-state index contributed by atoms with van der Waals surface area (Å²) in [6.45, 7) is 0. The highest BCUT2D eigenvalue weighted by atomic mass is 35.5. The molecule has 0 aliphatic carbocycles. The van der Waals surface area contributed by atoms with Gasteiger partial charge in [-0.05, 0) is 24.3 Å². The summed E-state index contributed by atoms with van der Waals surface area (Å²) in [4.78, 5) is 19.6. The number of anilines is 2. The lowest BCUT2D eigenvalue weighted by atomic mass is 10.1. The van der Waals surface area contributed by atoms with Crippen LogP contribution in [0.2, 0.25) is 5.02 Å². The van der Waals surface area contributed by atoms with Gasteiger partial charge in [0.25, 0.3) is 0 Å². The molecule has 0 amide bonds. The lowest BCUT2D eigenvalue weighted by Gasteiger charge is -2.13. The number of nitrogens with zero attached hydrogens (tertiary/aromatic N) is 2. The van der Waals surface area contributed by atoms with Gasteiger partial charge in [0.05, 0.1) is 36.0 Å². The highest BCUT2D eigenvalue weighted by Gasteiger charge is 2.13. The van der Waals surface area contributed by atoms with Crippen molar-refractivity contribution in [3.8, 4) is 11.5 Å². The summed E-state index contributed by atoms with van der Waals surface area (Å²) in [5.74, 6) is 0.498. The standard InChI is InChI=1S/C17H14ClN3O4/c1-24-14-6-10-12(7-15(14)25-2)19-8-20-16(10)21-13-5-9(17(22)23)3-4-11(13)18/h3-8H,1-2H3,(H,22,23)(H,19,20,21). The molecule has 0 radical (unpaired) electrons. The zero-order valence-corrected chi connectivity index (χ0v) is 14.2. The number of carboxylic acids is 1. The van der Waals surface area contributed by atoms with Gasteiger partial charge in [0.2, 0.25) is 0 Å². The lowest BCUT2D eigenvalue weighted by molar-refractivity contribution is 0.0697. The fourth-order valence-corrected chi connectivity index (χ4v) is 2.53. The van der Waals surface area contributed by atoms with E-state index in [9.17, 15) is 4.79 Å². The number of aromatic carboxylic acids is 1.